The summed E-state index contributed by atoms with van der Waals surface area (Å²) in [5.41, 5.74) is 2.34. The van der Waals surface area contributed by atoms with Crippen molar-refractivity contribution in [2.45, 2.75) is 70.9 Å². The number of fused-ring (bicyclic) bond motifs is 1. The molecule has 1 aliphatic carbocycles. The number of aryl methyl sites for hydroxylation is 1. The highest BCUT2D eigenvalue weighted by Crippen LogP contribution is 2.31. The van der Waals surface area contributed by atoms with Gasteiger partial charge in [0.2, 0.25) is 5.91 Å². The molecule has 2 saturated heterocycles. The summed E-state index contributed by atoms with van der Waals surface area (Å²) in [6.07, 6.45) is 8.07. The Balaban J connectivity index is 1.32. The summed E-state index contributed by atoms with van der Waals surface area (Å²) < 4.78 is 1.88. The summed E-state index contributed by atoms with van der Waals surface area (Å²) in [6.45, 7) is 6.79. The highest BCUT2D eigenvalue weighted by molar-refractivity contribution is 5.87. The fourth-order valence-corrected chi connectivity index (χ4v) is 5.30. The Morgan fingerprint density at radius 3 is 2.61 bits per heavy atom. The molecule has 7 nitrogen and oxygen atoms in total. The molecule has 1 aromatic rings. The first-order valence-electron chi connectivity index (χ1n) is 10.9. The van der Waals surface area contributed by atoms with Crippen LogP contribution in [0.25, 0.3) is 0 Å². The van der Waals surface area contributed by atoms with Crippen molar-refractivity contribution in [2.75, 3.05) is 26.2 Å². The number of aromatic nitrogens is 2. The number of carbonyl (C=O) groups excluding carboxylic acids is 1. The average Bonchev–Trinajstić information content (AvgIpc) is 3.29. The Kier molecular flexibility index (Phi) is 5.71. The van der Waals surface area contributed by atoms with Crippen molar-refractivity contribution >= 4 is 11.9 Å². The summed E-state index contributed by atoms with van der Waals surface area (Å²) in [6, 6.07) is 0.432. The Labute approximate surface area is 166 Å². The minimum atomic E-state index is -0.903. The summed E-state index contributed by atoms with van der Waals surface area (Å²) in [7, 11) is 0. The number of nitrogens with zero attached hydrogens (tertiary/aromatic N) is 4. The molecule has 154 valence electrons. The van der Waals surface area contributed by atoms with Crippen LogP contribution in [0, 0.1) is 5.92 Å². The van der Waals surface area contributed by atoms with Gasteiger partial charge in [-0.25, -0.2) is 4.79 Å². The summed E-state index contributed by atoms with van der Waals surface area (Å²) in [4.78, 5) is 28.0. The standard InChI is InChI=1S/C21H32N4O3/c1-2-25-18-6-5-16(14-17(18)20(22-25)21(27)28)23-11-7-15(8-12-23)9-13-24-10-3-4-19(24)26/h15-16H,2-14H2,1H3,(H,27,28). The van der Waals surface area contributed by atoms with Crippen molar-refractivity contribution in [3.63, 3.8) is 0 Å². The summed E-state index contributed by atoms with van der Waals surface area (Å²) >= 11 is 0. The van der Waals surface area contributed by atoms with Crippen molar-refractivity contribution < 1.29 is 14.7 Å². The van der Waals surface area contributed by atoms with Gasteiger partial charge in [0.05, 0.1) is 0 Å². The molecule has 1 atom stereocenters. The van der Waals surface area contributed by atoms with Crippen LogP contribution < -0.4 is 0 Å². The second kappa shape index (κ2) is 8.23. The number of rotatable bonds is 6. The molecule has 28 heavy (non-hydrogen) atoms. The number of carboxylic acid groups (broad SMARTS) is 1. The van der Waals surface area contributed by atoms with E-state index >= 15 is 0 Å². The monoisotopic (exact) mass is 388 g/mol. The topological polar surface area (TPSA) is 78.7 Å². The minimum absolute atomic E-state index is 0.256. The van der Waals surface area contributed by atoms with Gasteiger partial charge < -0.3 is 14.9 Å². The van der Waals surface area contributed by atoms with Gasteiger partial charge in [-0.1, -0.05) is 0 Å². The van der Waals surface area contributed by atoms with E-state index in [-0.39, 0.29) is 5.69 Å². The molecular weight excluding hydrogens is 356 g/mol. The van der Waals surface area contributed by atoms with Gasteiger partial charge in [-0.15, -0.1) is 0 Å². The SMILES string of the molecule is CCn1nc(C(=O)O)c2c1CCC(N1CCC(CCN3CCCC3=O)CC1)C2. The van der Waals surface area contributed by atoms with E-state index < -0.39 is 5.97 Å². The second-order valence-corrected chi connectivity index (χ2v) is 8.54. The molecule has 4 rings (SSSR count). The predicted molar refractivity (Wildman–Crippen MR) is 105 cm³/mol. The number of carbonyl (C=O) groups is 2. The van der Waals surface area contributed by atoms with Crippen molar-refractivity contribution in [2.24, 2.45) is 5.92 Å². The Morgan fingerprint density at radius 1 is 1.18 bits per heavy atom. The van der Waals surface area contributed by atoms with Crippen LogP contribution in [-0.4, -0.2) is 68.8 Å². The largest absolute Gasteiger partial charge is 0.476 e. The third kappa shape index (κ3) is 3.81. The first-order chi connectivity index (χ1) is 13.6. The van der Waals surface area contributed by atoms with Gasteiger partial charge in [0.1, 0.15) is 0 Å². The average molecular weight is 389 g/mol. The lowest BCUT2D eigenvalue weighted by Gasteiger charge is -2.39. The van der Waals surface area contributed by atoms with Crippen LogP contribution >= 0.6 is 0 Å². The summed E-state index contributed by atoms with van der Waals surface area (Å²) in [5.74, 6) is 0.137. The van der Waals surface area contributed by atoms with Gasteiger partial charge in [-0.2, -0.15) is 5.10 Å². The van der Waals surface area contributed by atoms with Crippen LogP contribution in [0.15, 0.2) is 0 Å². The van der Waals surface area contributed by atoms with E-state index in [1.54, 1.807) is 0 Å². The fourth-order valence-electron chi connectivity index (χ4n) is 5.30. The van der Waals surface area contributed by atoms with Gasteiger partial charge in [0, 0.05) is 43.4 Å². The molecule has 1 amide bonds. The molecule has 0 aromatic carbocycles. The molecule has 2 aliphatic heterocycles. The molecule has 3 heterocycles. The predicted octanol–water partition coefficient (Wildman–Crippen LogP) is 2.18. The number of piperidine rings is 1. The van der Waals surface area contributed by atoms with Crippen LogP contribution in [0.3, 0.4) is 0 Å². The fraction of sp³-hybridized carbons (Fsp3) is 0.762. The highest BCUT2D eigenvalue weighted by atomic mass is 16.4. The number of aromatic carboxylic acids is 1. The second-order valence-electron chi connectivity index (χ2n) is 8.54. The van der Waals surface area contributed by atoms with Crippen LogP contribution in [-0.2, 0) is 24.2 Å². The van der Waals surface area contributed by atoms with Crippen molar-refractivity contribution in [1.82, 2.24) is 19.6 Å². The lowest BCUT2D eigenvalue weighted by atomic mass is 9.87. The minimum Gasteiger partial charge on any atom is -0.476 e. The number of hydrogen-bond donors (Lipinski definition) is 1. The third-order valence-corrected chi connectivity index (χ3v) is 6.97. The van der Waals surface area contributed by atoms with Gasteiger partial charge in [-0.3, -0.25) is 9.48 Å². The third-order valence-electron chi connectivity index (χ3n) is 6.97. The Hall–Kier alpha value is -1.89. The number of likely N-dealkylation sites (tertiary alicyclic amines) is 2. The van der Waals surface area contributed by atoms with Crippen LogP contribution in [0.5, 0.6) is 0 Å². The molecule has 1 aromatic heterocycles. The van der Waals surface area contributed by atoms with E-state index in [0.717, 1.165) is 82.5 Å². The van der Waals surface area contributed by atoms with E-state index in [1.165, 1.54) is 12.8 Å². The number of amides is 1. The molecule has 0 bridgehead atoms. The molecule has 0 spiro atoms. The molecule has 3 aliphatic rings. The first-order valence-corrected chi connectivity index (χ1v) is 10.9. The zero-order chi connectivity index (χ0) is 19.7. The van der Waals surface area contributed by atoms with Crippen molar-refractivity contribution in [3.8, 4) is 0 Å². The maximum atomic E-state index is 11.8. The van der Waals surface area contributed by atoms with Crippen molar-refractivity contribution in [1.29, 1.82) is 0 Å². The Bertz CT molecular complexity index is 736. The van der Waals surface area contributed by atoms with Gasteiger partial charge in [0.15, 0.2) is 5.69 Å². The van der Waals surface area contributed by atoms with E-state index in [0.29, 0.717) is 17.9 Å². The van der Waals surface area contributed by atoms with Gasteiger partial charge in [-0.05, 0) is 70.9 Å². The molecule has 1 N–H and O–H groups in total. The van der Waals surface area contributed by atoms with Crippen molar-refractivity contribution in [3.05, 3.63) is 17.0 Å². The maximum absolute atomic E-state index is 11.8. The van der Waals surface area contributed by atoms with Gasteiger partial charge >= 0.3 is 5.97 Å². The molecule has 0 radical (unpaired) electrons. The van der Waals surface area contributed by atoms with Crippen LogP contribution in [0.4, 0.5) is 0 Å². The normalized spacial score (nSPS) is 24.0. The maximum Gasteiger partial charge on any atom is 0.356 e. The lowest BCUT2D eigenvalue weighted by molar-refractivity contribution is -0.127. The zero-order valence-electron chi connectivity index (χ0n) is 16.9. The zero-order valence-corrected chi connectivity index (χ0v) is 16.9. The Morgan fingerprint density at radius 2 is 1.96 bits per heavy atom. The quantitative estimate of drug-likeness (QED) is 0.808. The molecule has 2 fully saturated rings. The molecule has 7 heteroatoms. The van der Waals surface area contributed by atoms with Crippen LogP contribution in [0.1, 0.15) is 67.2 Å². The van der Waals surface area contributed by atoms with E-state index in [1.807, 2.05) is 16.5 Å². The van der Waals surface area contributed by atoms with E-state index in [9.17, 15) is 14.7 Å². The number of carboxylic acids is 1. The molecular formula is C21H32N4O3. The molecule has 1 unspecified atom stereocenters. The molecule has 0 saturated carbocycles. The van der Waals surface area contributed by atoms with Crippen LogP contribution in [0.2, 0.25) is 0 Å². The number of hydrogen-bond acceptors (Lipinski definition) is 4. The summed E-state index contributed by atoms with van der Waals surface area (Å²) in [5, 5.41) is 13.9. The van der Waals surface area contributed by atoms with Gasteiger partial charge in [0.25, 0.3) is 0 Å². The highest BCUT2D eigenvalue weighted by Gasteiger charge is 2.33. The lowest BCUT2D eigenvalue weighted by Crippen LogP contribution is -2.44. The smallest absolute Gasteiger partial charge is 0.356 e. The van der Waals surface area contributed by atoms with E-state index in [4.69, 9.17) is 0 Å². The van der Waals surface area contributed by atoms with E-state index in [2.05, 4.69) is 10.00 Å². The first kappa shape index (κ1) is 19.4.